The Morgan fingerprint density at radius 3 is 2.35 bits per heavy atom. The summed E-state index contributed by atoms with van der Waals surface area (Å²) < 4.78 is 26.0. The number of hydrogen-bond acceptors (Lipinski definition) is 5. The zero-order chi connectivity index (χ0) is 18.9. The second-order valence-corrected chi connectivity index (χ2v) is 8.73. The Morgan fingerprint density at radius 2 is 1.85 bits per heavy atom. The third-order valence-corrected chi connectivity index (χ3v) is 6.05. The number of halogens is 1. The van der Waals surface area contributed by atoms with Crippen LogP contribution in [0.5, 0.6) is 0 Å². The normalized spacial score (nSPS) is 16.4. The van der Waals surface area contributed by atoms with Gasteiger partial charge in [0.1, 0.15) is 4.90 Å². The molecule has 1 atom stereocenters. The van der Waals surface area contributed by atoms with Gasteiger partial charge in [-0.05, 0) is 44.4 Å². The van der Waals surface area contributed by atoms with Gasteiger partial charge in [-0.2, -0.15) is 0 Å². The first-order chi connectivity index (χ1) is 11.6. The summed E-state index contributed by atoms with van der Waals surface area (Å²) in [4.78, 5) is 24.6. The van der Waals surface area contributed by atoms with Crippen LogP contribution in [0.4, 0.5) is 0 Å². The predicted molar refractivity (Wildman–Crippen MR) is 102 cm³/mol. The van der Waals surface area contributed by atoms with Crippen molar-refractivity contribution in [1.82, 2.24) is 9.62 Å². The van der Waals surface area contributed by atoms with Crippen LogP contribution in [0.3, 0.4) is 0 Å². The average Bonchev–Trinajstić information content (AvgIpc) is 2.72. The fourth-order valence-corrected chi connectivity index (χ4v) is 4.74. The van der Waals surface area contributed by atoms with Crippen LogP contribution in [-0.2, 0) is 10.0 Å². The van der Waals surface area contributed by atoms with Gasteiger partial charge in [-0.15, -0.1) is 12.4 Å². The molecule has 0 radical (unpaired) electrons. The molecule has 0 saturated heterocycles. The third-order valence-electron chi connectivity index (χ3n) is 4.06. The Kier molecular flexibility index (Phi) is 7.21. The summed E-state index contributed by atoms with van der Waals surface area (Å²) in [6.07, 6.45) is 0.727. The molecule has 2 amide bonds. The number of carbonyl (C=O) groups excluding carboxylic acids is 2. The van der Waals surface area contributed by atoms with Crippen molar-refractivity contribution in [1.29, 1.82) is 0 Å². The highest BCUT2D eigenvalue weighted by molar-refractivity contribution is 7.90. The first-order valence-electron chi connectivity index (χ1n) is 8.33. The molecule has 146 valence electrons. The van der Waals surface area contributed by atoms with Gasteiger partial charge in [-0.3, -0.25) is 9.59 Å². The molecule has 1 unspecified atom stereocenters. The molecule has 2 rings (SSSR count). The molecule has 3 N–H and O–H groups in total. The predicted octanol–water partition coefficient (Wildman–Crippen LogP) is 1.76. The van der Waals surface area contributed by atoms with E-state index < -0.39 is 27.9 Å². The first-order valence-corrected chi connectivity index (χ1v) is 9.77. The number of amides is 2. The van der Waals surface area contributed by atoms with Gasteiger partial charge in [-0.1, -0.05) is 13.8 Å². The Balaban J connectivity index is 0.00000338. The van der Waals surface area contributed by atoms with Gasteiger partial charge in [0.15, 0.2) is 0 Å². The molecule has 26 heavy (non-hydrogen) atoms. The fourth-order valence-electron chi connectivity index (χ4n) is 2.95. The van der Waals surface area contributed by atoms with Crippen molar-refractivity contribution < 1.29 is 18.0 Å². The maximum absolute atomic E-state index is 12.6. The van der Waals surface area contributed by atoms with E-state index in [1.807, 2.05) is 13.8 Å². The number of rotatable bonds is 6. The Bertz CT molecular complexity index is 793. The molecule has 0 spiro atoms. The van der Waals surface area contributed by atoms with Crippen molar-refractivity contribution >= 4 is 34.2 Å². The van der Waals surface area contributed by atoms with Crippen LogP contribution < -0.4 is 11.1 Å². The number of hydrogen-bond donors (Lipinski definition) is 2. The van der Waals surface area contributed by atoms with Crippen LogP contribution in [0.25, 0.3) is 0 Å². The number of fused-ring (bicyclic) bond motifs is 1. The van der Waals surface area contributed by atoms with Gasteiger partial charge >= 0.3 is 0 Å². The van der Waals surface area contributed by atoms with Crippen molar-refractivity contribution in [2.75, 3.05) is 6.54 Å². The molecule has 0 fully saturated rings. The van der Waals surface area contributed by atoms with E-state index in [0.717, 1.165) is 10.7 Å². The lowest BCUT2D eigenvalue weighted by Gasteiger charge is -2.19. The lowest BCUT2D eigenvalue weighted by molar-refractivity contribution is 0.0845. The summed E-state index contributed by atoms with van der Waals surface area (Å²) in [5.74, 6) is -0.590. The Morgan fingerprint density at radius 1 is 1.23 bits per heavy atom. The van der Waals surface area contributed by atoms with Crippen LogP contribution in [-0.4, -0.2) is 43.2 Å². The number of nitrogens with one attached hydrogen (secondary N) is 1. The molecule has 0 aromatic heterocycles. The summed E-state index contributed by atoms with van der Waals surface area (Å²) in [6.45, 7) is 7.62. The molecule has 1 aliphatic rings. The molecular weight excluding hydrogens is 378 g/mol. The molecule has 0 saturated carbocycles. The van der Waals surface area contributed by atoms with Gasteiger partial charge in [-0.25, -0.2) is 12.7 Å². The maximum atomic E-state index is 12.6. The van der Waals surface area contributed by atoms with Crippen LogP contribution in [0.15, 0.2) is 23.1 Å². The van der Waals surface area contributed by atoms with Crippen molar-refractivity contribution in [3.05, 3.63) is 29.3 Å². The van der Waals surface area contributed by atoms with E-state index in [1.165, 1.54) is 18.2 Å². The largest absolute Gasteiger partial charge is 0.348 e. The van der Waals surface area contributed by atoms with Crippen molar-refractivity contribution in [3.8, 4) is 0 Å². The fraction of sp³-hybridized carbons (Fsp3) is 0.529. The quantitative estimate of drug-likeness (QED) is 0.752. The summed E-state index contributed by atoms with van der Waals surface area (Å²) in [5, 5.41) is 2.82. The van der Waals surface area contributed by atoms with Gasteiger partial charge in [0.25, 0.3) is 21.8 Å². The molecule has 1 aliphatic heterocycles. The van der Waals surface area contributed by atoms with Crippen LogP contribution >= 0.6 is 12.4 Å². The smallest absolute Gasteiger partial charge is 0.269 e. The van der Waals surface area contributed by atoms with E-state index in [4.69, 9.17) is 5.73 Å². The summed E-state index contributed by atoms with van der Waals surface area (Å²) >= 11 is 0. The summed E-state index contributed by atoms with van der Waals surface area (Å²) in [7, 11) is -3.92. The van der Waals surface area contributed by atoms with E-state index in [-0.39, 0.29) is 34.5 Å². The third kappa shape index (κ3) is 4.19. The minimum atomic E-state index is -3.92. The lowest BCUT2D eigenvalue weighted by Crippen LogP contribution is -2.41. The first kappa shape index (κ1) is 22.4. The zero-order valence-corrected chi connectivity index (χ0v) is 17.0. The van der Waals surface area contributed by atoms with Gasteiger partial charge in [0.2, 0.25) is 0 Å². The van der Waals surface area contributed by atoms with Crippen molar-refractivity contribution in [2.45, 2.75) is 51.1 Å². The summed E-state index contributed by atoms with van der Waals surface area (Å²) in [5.41, 5.74) is 5.99. The monoisotopic (exact) mass is 403 g/mol. The number of nitrogens with two attached hydrogens (primary N) is 1. The standard InChI is InChI=1S/C17H25N3O4S.ClH/c1-10(2)7-13(9-18)19-16(21)12-5-6-14-15(8-12)25(23,24)20(11(3)4)17(14)22;/h5-6,8,10-11,13H,7,9,18H2,1-4H3,(H,19,21);1H. The molecule has 0 aliphatic carbocycles. The number of sulfonamides is 1. The minimum absolute atomic E-state index is 0. The molecule has 1 aromatic carbocycles. The maximum Gasteiger partial charge on any atom is 0.269 e. The van der Waals surface area contributed by atoms with Gasteiger partial charge in [0, 0.05) is 24.2 Å². The average molecular weight is 404 g/mol. The SMILES string of the molecule is CC(C)CC(CN)NC(=O)c1ccc2c(c1)S(=O)(=O)N(C(C)C)C2=O.Cl. The number of carbonyl (C=O) groups is 2. The second kappa shape index (κ2) is 8.37. The van der Waals surface area contributed by atoms with E-state index in [9.17, 15) is 18.0 Å². The van der Waals surface area contributed by atoms with E-state index in [2.05, 4.69) is 5.32 Å². The van der Waals surface area contributed by atoms with Gasteiger partial charge < -0.3 is 11.1 Å². The van der Waals surface area contributed by atoms with Crippen molar-refractivity contribution in [3.63, 3.8) is 0 Å². The molecular formula is C17H26ClN3O4S. The highest BCUT2D eigenvalue weighted by atomic mass is 35.5. The minimum Gasteiger partial charge on any atom is -0.348 e. The highest BCUT2D eigenvalue weighted by Crippen LogP contribution is 2.32. The van der Waals surface area contributed by atoms with Crippen LogP contribution in [0.2, 0.25) is 0 Å². The lowest BCUT2D eigenvalue weighted by atomic mass is 10.0. The molecule has 7 nitrogen and oxygen atoms in total. The summed E-state index contributed by atoms with van der Waals surface area (Å²) in [6, 6.07) is 3.45. The van der Waals surface area contributed by atoms with E-state index >= 15 is 0 Å². The van der Waals surface area contributed by atoms with Gasteiger partial charge in [0.05, 0.1) is 5.56 Å². The second-order valence-electron chi connectivity index (χ2n) is 6.95. The van der Waals surface area contributed by atoms with Crippen LogP contribution in [0, 0.1) is 5.92 Å². The molecule has 1 aromatic rings. The van der Waals surface area contributed by atoms with Crippen LogP contribution in [0.1, 0.15) is 54.8 Å². The van der Waals surface area contributed by atoms with Crippen molar-refractivity contribution in [2.24, 2.45) is 11.7 Å². The highest BCUT2D eigenvalue weighted by Gasteiger charge is 2.42. The molecule has 0 bridgehead atoms. The topological polar surface area (TPSA) is 110 Å². The van der Waals surface area contributed by atoms with E-state index in [1.54, 1.807) is 13.8 Å². The zero-order valence-electron chi connectivity index (χ0n) is 15.4. The molecule has 9 heteroatoms. The molecule has 1 heterocycles. The number of nitrogens with zero attached hydrogens (tertiary/aromatic N) is 1. The van der Waals surface area contributed by atoms with E-state index in [0.29, 0.717) is 12.5 Å². The Hall–Kier alpha value is -1.64. The number of benzene rings is 1. The Labute approximate surface area is 160 Å².